The third kappa shape index (κ3) is 2.05. The molecule has 0 amide bonds. The van der Waals surface area contributed by atoms with Crippen molar-refractivity contribution in [2.75, 3.05) is 7.05 Å². The van der Waals surface area contributed by atoms with Gasteiger partial charge >= 0.3 is 0 Å². The van der Waals surface area contributed by atoms with E-state index in [1.54, 1.807) is 0 Å². The number of fused-ring (bicyclic) bond motifs is 1. The van der Waals surface area contributed by atoms with Crippen molar-refractivity contribution in [3.8, 4) is 0 Å². The maximum absolute atomic E-state index is 4.69. The summed E-state index contributed by atoms with van der Waals surface area (Å²) in [7, 11) is 1.93. The molecule has 2 heterocycles. The molecular formula is C13H18N4. The molecule has 4 heteroatoms. The van der Waals surface area contributed by atoms with Gasteiger partial charge in [0.2, 0.25) is 0 Å². The van der Waals surface area contributed by atoms with Crippen molar-refractivity contribution in [3.63, 3.8) is 0 Å². The zero-order valence-corrected chi connectivity index (χ0v) is 10.2. The summed E-state index contributed by atoms with van der Waals surface area (Å²) < 4.78 is 1.92. The topological polar surface area (TPSA) is 42.2 Å². The Morgan fingerprint density at radius 3 is 2.94 bits per heavy atom. The molecule has 0 aliphatic heterocycles. The molecular weight excluding hydrogens is 212 g/mol. The average molecular weight is 230 g/mol. The van der Waals surface area contributed by atoms with Gasteiger partial charge in [-0.1, -0.05) is 12.8 Å². The second kappa shape index (κ2) is 4.45. The van der Waals surface area contributed by atoms with Crippen LogP contribution in [0.1, 0.15) is 43.0 Å². The highest BCUT2D eigenvalue weighted by molar-refractivity contribution is 5.39. The minimum Gasteiger partial charge on any atom is -0.314 e. The van der Waals surface area contributed by atoms with E-state index in [1.165, 1.54) is 31.4 Å². The number of aromatic nitrogens is 3. The van der Waals surface area contributed by atoms with E-state index in [0.29, 0.717) is 5.92 Å². The Morgan fingerprint density at radius 1 is 1.35 bits per heavy atom. The molecule has 90 valence electrons. The first-order chi connectivity index (χ1) is 8.36. The first-order valence-corrected chi connectivity index (χ1v) is 6.36. The standard InChI is InChI=1S/C13H18N4/c1-14-8-11-9-17-13(15-11)7-6-12(16-17)10-4-2-3-5-10/h6-7,9-10,14H,2-5,8H2,1H3. The molecule has 17 heavy (non-hydrogen) atoms. The van der Waals surface area contributed by atoms with Crippen molar-refractivity contribution in [2.45, 2.75) is 38.1 Å². The number of hydrogen-bond acceptors (Lipinski definition) is 3. The van der Waals surface area contributed by atoms with Crippen LogP contribution in [0.2, 0.25) is 0 Å². The molecule has 0 spiro atoms. The summed E-state index contributed by atoms with van der Waals surface area (Å²) in [5.74, 6) is 0.662. The Balaban J connectivity index is 1.94. The molecule has 1 N–H and O–H groups in total. The van der Waals surface area contributed by atoms with Crippen molar-refractivity contribution in [1.29, 1.82) is 0 Å². The SMILES string of the molecule is CNCc1cn2nc(C3CCCC3)ccc2n1. The fourth-order valence-electron chi connectivity index (χ4n) is 2.65. The first kappa shape index (κ1) is 10.7. The Morgan fingerprint density at radius 2 is 2.18 bits per heavy atom. The zero-order valence-electron chi connectivity index (χ0n) is 10.2. The molecule has 2 aromatic rings. The van der Waals surface area contributed by atoms with Gasteiger partial charge in [-0.3, -0.25) is 0 Å². The minimum atomic E-state index is 0.662. The van der Waals surface area contributed by atoms with Crippen molar-refractivity contribution < 1.29 is 0 Å². The van der Waals surface area contributed by atoms with Gasteiger partial charge in [0.15, 0.2) is 5.65 Å². The van der Waals surface area contributed by atoms with Crippen LogP contribution in [0, 0.1) is 0 Å². The fourth-order valence-corrected chi connectivity index (χ4v) is 2.65. The van der Waals surface area contributed by atoms with Crippen LogP contribution in [0.4, 0.5) is 0 Å². The van der Waals surface area contributed by atoms with E-state index in [4.69, 9.17) is 0 Å². The molecule has 1 fully saturated rings. The molecule has 0 radical (unpaired) electrons. The van der Waals surface area contributed by atoms with Crippen LogP contribution in [-0.2, 0) is 6.54 Å². The van der Waals surface area contributed by atoms with Gasteiger partial charge in [-0.05, 0) is 32.0 Å². The van der Waals surface area contributed by atoms with E-state index >= 15 is 0 Å². The number of hydrogen-bond donors (Lipinski definition) is 1. The van der Waals surface area contributed by atoms with Crippen LogP contribution in [0.25, 0.3) is 5.65 Å². The normalized spacial score (nSPS) is 17.0. The van der Waals surface area contributed by atoms with Crippen LogP contribution >= 0.6 is 0 Å². The van der Waals surface area contributed by atoms with E-state index in [9.17, 15) is 0 Å². The second-order valence-electron chi connectivity index (χ2n) is 4.80. The summed E-state index contributed by atoms with van der Waals surface area (Å²) in [6, 6.07) is 4.22. The van der Waals surface area contributed by atoms with Crippen molar-refractivity contribution in [2.24, 2.45) is 0 Å². The van der Waals surface area contributed by atoms with Crippen molar-refractivity contribution in [3.05, 3.63) is 29.7 Å². The van der Waals surface area contributed by atoms with E-state index in [2.05, 4.69) is 27.5 Å². The molecule has 2 aromatic heterocycles. The first-order valence-electron chi connectivity index (χ1n) is 6.36. The van der Waals surface area contributed by atoms with E-state index in [0.717, 1.165) is 17.9 Å². The van der Waals surface area contributed by atoms with Crippen molar-refractivity contribution >= 4 is 5.65 Å². The van der Waals surface area contributed by atoms with Crippen LogP contribution < -0.4 is 5.32 Å². The minimum absolute atomic E-state index is 0.662. The Hall–Kier alpha value is -1.42. The Kier molecular flexibility index (Phi) is 2.81. The molecule has 0 saturated heterocycles. The van der Waals surface area contributed by atoms with Gasteiger partial charge < -0.3 is 5.32 Å². The molecule has 1 aliphatic rings. The maximum Gasteiger partial charge on any atom is 0.153 e. The van der Waals surface area contributed by atoms with Gasteiger partial charge in [-0.15, -0.1) is 0 Å². The van der Waals surface area contributed by atoms with Gasteiger partial charge in [0.1, 0.15) is 0 Å². The third-order valence-electron chi connectivity index (χ3n) is 3.52. The Bertz CT molecular complexity index is 511. The number of nitrogens with one attached hydrogen (secondary N) is 1. The van der Waals surface area contributed by atoms with Gasteiger partial charge in [-0.25, -0.2) is 9.50 Å². The molecule has 0 unspecified atom stereocenters. The monoisotopic (exact) mass is 230 g/mol. The maximum atomic E-state index is 4.69. The van der Waals surface area contributed by atoms with E-state index in [1.807, 2.05) is 17.8 Å². The van der Waals surface area contributed by atoms with Gasteiger partial charge in [0, 0.05) is 12.5 Å². The van der Waals surface area contributed by atoms with Gasteiger partial charge in [0.25, 0.3) is 0 Å². The summed E-state index contributed by atoms with van der Waals surface area (Å²) in [4.78, 5) is 4.51. The second-order valence-corrected chi connectivity index (χ2v) is 4.80. The average Bonchev–Trinajstić information content (AvgIpc) is 2.96. The highest BCUT2D eigenvalue weighted by atomic mass is 15.3. The lowest BCUT2D eigenvalue weighted by molar-refractivity contribution is 0.671. The van der Waals surface area contributed by atoms with Crippen molar-refractivity contribution in [1.82, 2.24) is 19.9 Å². The zero-order chi connectivity index (χ0) is 11.7. The molecule has 0 atom stereocenters. The van der Waals surface area contributed by atoms with E-state index in [-0.39, 0.29) is 0 Å². The smallest absolute Gasteiger partial charge is 0.153 e. The lowest BCUT2D eigenvalue weighted by Crippen LogP contribution is -2.04. The molecule has 1 aliphatic carbocycles. The lowest BCUT2D eigenvalue weighted by Gasteiger charge is -2.07. The highest BCUT2D eigenvalue weighted by Crippen LogP contribution is 2.32. The van der Waals surface area contributed by atoms with Crippen LogP contribution in [0.5, 0.6) is 0 Å². The van der Waals surface area contributed by atoms with Crippen LogP contribution in [-0.4, -0.2) is 21.6 Å². The summed E-state index contributed by atoms with van der Waals surface area (Å²) in [5, 5.41) is 7.80. The van der Waals surface area contributed by atoms with Crippen LogP contribution in [0.3, 0.4) is 0 Å². The van der Waals surface area contributed by atoms with Gasteiger partial charge in [0.05, 0.1) is 17.6 Å². The largest absolute Gasteiger partial charge is 0.314 e. The lowest BCUT2D eigenvalue weighted by atomic mass is 10.0. The highest BCUT2D eigenvalue weighted by Gasteiger charge is 2.18. The predicted octanol–water partition coefficient (Wildman–Crippen LogP) is 2.11. The molecule has 1 saturated carbocycles. The third-order valence-corrected chi connectivity index (χ3v) is 3.52. The number of imidazole rings is 1. The van der Waals surface area contributed by atoms with Gasteiger partial charge in [-0.2, -0.15) is 5.10 Å². The Labute approximate surface area is 101 Å². The van der Waals surface area contributed by atoms with Crippen LogP contribution in [0.15, 0.2) is 18.3 Å². The quantitative estimate of drug-likeness (QED) is 0.878. The van der Waals surface area contributed by atoms with E-state index < -0.39 is 0 Å². The molecule has 3 rings (SSSR count). The summed E-state index contributed by atoms with van der Waals surface area (Å²) in [5.41, 5.74) is 3.21. The fraction of sp³-hybridized carbons (Fsp3) is 0.538. The summed E-state index contributed by atoms with van der Waals surface area (Å²) in [6.07, 6.45) is 7.29. The predicted molar refractivity (Wildman–Crippen MR) is 67.0 cm³/mol. The molecule has 4 nitrogen and oxygen atoms in total. The number of nitrogens with zero attached hydrogens (tertiary/aromatic N) is 3. The summed E-state index contributed by atoms with van der Waals surface area (Å²) in [6.45, 7) is 0.794. The summed E-state index contributed by atoms with van der Waals surface area (Å²) >= 11 is 0. The number of rotatable bonds is 3. The molecule has 0 aromatic carbocycles. The molecule has 0 bridgehead atoms.